The average Bonchev–Trinajstić information content (AvgIpc) is 3.47. The lowest BCUT2D eigenvalue weighted by molar-refractivity contribution is -0.135. The number of hydrogen-bond donors (Lipinski definition) is 1. The number of halogens is 2. The van der Waals surface area contributed by atoms with Crippen LogP contribution in [-0.4, -0.2) is 42.3 Å². The second-order valence-electron chi connectivity index (χ2n) is 9.12. The molecular weight excluding hydrogens is 465 g/mol. The maximum absolute atomic E-state index is 14.1. The van der Waals surface area contributed by atoms with Crippen molar-refractivity contribution in [1.29, 1.82) is 0 Å². The van der Waals surface area contributed by atoms with Crippen LogP contribution in [0.2, 0.25) is 10.0 Å². The van der Waals surface area contributed by atoms with Gasteiger partial charge in [-0.1, -0.05) is 29.3 Å². The third-order valence-corrected chi connectivity index (χ3v) is 8.11. The van der Waals surface area contributed by atoms with Gasteiger partial charge in [0, 0.05) is 16.6 Å². The summed E-state index contributed by atoms with van der Waals surface area (Å²) in [5.41, 5.74) is 1.12. The Morgan fingerprint density at radius 2 is 1.91 bits per heavy atom. The van der Waals surface area contributed by atoms with Crippen LogP contribution in [0.15, 0.2) is 30.3 Å². The van der Waals surface area contributed by atoms with Gasteiger partial charge in [-0.25, -0.2) is 4.90 Å². The van der Waals surface area contributed by atoms with Crippen LogP contribution < -0.4 is 15.0 Å². The van der Waals surface area contributed by atoms with Gasteiger partial charge in [-0.3, -0.25) is 19.3 Å². The van der Waals surface area contributed by atoms with Crippen LogP contribution in [0.5, 0.6) is 5.75 Å². The van der Waals surface area contributed by atoms with Crippen LogP contribution in [-0.2, 0) is 19.9 Å². The molecular formula is C24H21Cl2N3O4. The molecule has 1 N–H and O–H groups in total. The zero-order valence-electron chi connectivity index (χ0n) is 18.0. The molecule has 4 aliphatic heterocycles. The quantitative estimate of drug-likeness (QED) is 0.655. The van der Waals surface area contributed by atoms with Gasteiger partial charge in [0.1, 0.15) is 11.3 Å². The van der Waals surface area contributed by atoms with Crippen molar-refractivity contribution in [3.63, 3.8) is 0 Å². The summed E-state index contributed by atoms with van der Waals surface area (Å²) in [6.07, 6.45) is 1.59. The Labute approximate surface area is 200 Å². The smallest absolute Gasteiger partial charge is 0.250 e. The summed E-state index contributed by atoms with van der Waals surface area (Å²) in [6.45, 7) is 2.54. The number of anilines is 2. The number of methoxy groups -OCH3 is 1. The van der Waals surface area contributed by atoms with Gasteiger partial charge < -0.3 is 10.1 Å². The summed E-state index contributed by atoms with van der Waals surface area (Å²) in [5.74, 6) is -2.17. The third kappa shape index (κ3) is 2.47. The number of amides is 3. The van der Waals surface area contributed by atoms with Crippen molar-refractivity contribution in [3.05, 3.63) is 51.5 Å². The largest absolute Gasteiger partial charge is 0.495 e. The van der Waals surface area contributed by atoms with Crippen LogP contribution in [0.1, 0.15) is 24.0 Å². The Kier molecular flexibility index (Phi) is 4.41. The van der Waals surface area contributed by atoms with Crippen molar-refractivity contribution in [3.8, 4) is 5.75 Å². The topological polar surface area (TPSA) is 78.9 Å². The molecule has 6 rings (SSSR count). The fourth-order valence-electron chi connectivity index (χ4n) is 6.47. The molecule has 0 saturated carbocycles. The van der Waals surface area contributed by atoms with Crippen LogP contribution >= 0.6 is 23.2 Å². The van der Waals surface area contributed by atoms with E-state index >= 15 is 0 Å². The summed E-state index contributed by atoms with van der Waals surface area (Å²) in [7, 11) is 1.48. The molecule has 3 amide bonds. The van der Waals surface area contributed by atoms with Crippen LogP contribution in [0.3, 0.4) is 0 Å². The number of nitrogens with zero attached hydrogens (tertiary/aromatic N) is 2. The van der Waals surface area contributed by atoms with Crippen molar-refractivity contribution >= 4 is 52.3 Å². The number of carbonyl (C=O) groups is 3. The predicted octanol–water partition coefficient (Wildman–Crippen LogP) is 3.74. The highest BCUT2D eigenvalue weighted by molar-refractivity contribution is 6.35. The first kappa shape index (κ1) is 21.0. The Balaban J connectivity index is 1.58. The summed E-state index contributed by atoms with van der Waals surface area (Å²) in [4.78, 5) is 44.9. The molecule has 0 aliphatic carbocycles. The SMILES string of the molecule is COc1ccc(Cl)cc1N1C(=O)[C@H]2[C@@H](C1=O)[C@]1(C(=O)Nc3c(Cl)cc(C)cc31)N1CCC[C@@H]21. The zero-order valence-corrected chi connectivity index (χ0v) is 19.5. The first-order valence-corrected chi connectivity index (χ1v) is 11.7. The molecule has 2 aromatic rings. The minimum Gasteiger partial charge on any atom is -0.495 e. The summed E-state index contributed by atoms with van der Waals surface area (Å²) < 4.78 is 5.43. The number of benzene rings is 2. The molecule has 0 radical (unpaired) electrons. The van der Waals surface area contributed by atoms with Gasteiger partial charge in [-0.15, -0.1) is 0 Å². The molecule has 0 aromatic heterocycles. The van der Waals surface area contributed by atoms with Crippen molar-refractivity contribution < 1.29 is 19.1 Å². The Morgan fingerprint density at radius 3 is 2.67 bits per heavy atom. The van der Waals surface area contributed by atoms with E-state index in [0.29, 0.717) is 39.3 Å². The molecule has 1 spiro atoms. The number of rotatable bonds is 2. The third-order valence-electron chi connectivity index (χ3n) is 7.58. The van der Waals surface area contributed by atoms with E-state index in [1.165, 1.54) is 12.0 Å². The number of aryl methyl sites for hydroxylation is 1. The monoisotopic (exact) mass is 485 g/mol. The van der Waals surface area contributed by atoms with E-state index in [1.54, 1.807) is 24.3 Å². The Hall–Kier alpha value is -2.61. The maximum atomic E-state index is 14.1. The van der Waals surface area contributed by atoms with E-state index in [-0.39, 0.29) is 17.9 Å². The predicted molar refractivity (Wildman–Crippen MR) is 124 cm³/mol. The molecule has 4 aliphatic rings. The Morgan fingerprint density at radius 1 is 1.12 bits per heavy atom. The second kappa shape index (κ2) is 6.95. The highest BCUT2D eigenvalue weighted by Gasteiger charge is 2.75. The first-order chi connectivity index (χ1) is 15.8. The van der Waals surface area contributed by atoms with Crippen LogP contribution in [0, 0.1) is 18.8 Å². The molecule has 2 aromatic carbocycles. The Bertz CT molecular complexity index is 1260. The molecule has 0 unspecified atom stereocenters. The van der Waals surface area contributed by atoms with Crippen molar-refractivity contribution in [2.24, 2.45) is 11.8 Å². The number of carbonyl (C=O) groups excluding carboxylic acids is 3. The summed E-state index contributed by atoms with van der Waals surface area (Å²) in [6, 6.07) is 8.32. The first-order valence-electron chi connectivity index (χ1n) is 10.9. The number of nitrogens with one attached hydrogen (secondary N) is 1. The zero-order chi connectivity index (χ0) is 23.2. The molecule has 4 heterocycles. The molecule has 0 bridgehead atoms. The average molecular weight is 486 g/mol. The number of hydrogen-bond acceptors (Lipinski definition) is 5. The number of fused-ring (bicyclic) bond motifs is 7. The fourth-order valence-corrected chi connectivity index (χ4v) is 6.96. The highest BCUT2D eigenvalue weighted by Crippen LogP contribution is 2.61. The van der Waals surface area contributed by atoms with Gasteiger partial charge >= 0.3 is 0 Å². The van der Waals surface area contributed by atoms with Gasteiger partial charge in [0.05, 0.1) is 35.3 Å². The molecule has 33 heavy (non-hydrogen) atoms. The minimum atomic E-state index is -1.27. The van der Waals surface area contributed by atoms with Crippen molar-refractivity contribution in [2.75, 3.05) is 23.9 Å². The van der Waals surface area contributed by atoms with E-state index in [4.69, 9.17) is 27.9 Å². The molecule has 3 fully saturated rings. The van der Waals surface area contributed by atoms with Crippen molar-refractivity contribution in [2.45, 2.75) is 31.3 Å². The molecule has 170 valence electrons. The van der Waals surface area contributed by atoms with E-state index in [9.17, 15) is 14.4 Å². The van der Waals surface area contributed by atoms with Gasteiger partial charge in [-0.2, -0.15) is 0 Å². The number of imide groups is 1. The summed E-state index contributed by atoms with van der Waals surface area (Å²) in [5, 5.41) is 3.74. The maximum Gasteiger partial charge on any atom is 0.250 e. The van der Waals surface area contributed by atoms with Gasteiger partial charge in [0.15, 0.2) is 0 Å². The lowest BCUT2D eigenvalue weighted by atomic mass is 9.75. The normalized spacial score (nSPS) is 30.1. The van der Waals surface area contributed by atoms with E-state index in [2.05, 4.69) is 10.2 Å². The lowest BCUT2D eigenvalue weighted by Crippen LogP contribution is -2.54. The van der Waals surface area contributed by atoms with Crippen LogP contribution in [0.4, 0.5) is 11.4 Å². The van der Waals surface area contributed by atoms with Crippen LogP contribution in [0.25, 0.3) is 0 Å². The summed E-state index contributed by atoms with van der Waals surface area (Å²) >= 11 is 12.7. The second-order valence-corrected chi connectivity index (χ2v) is 9.97. The minimum absolute atomic E-state index is 0.211. The fraction of sp³-hybridized carbons (Fsp3) is 0.375. The van der Waals surface area contributed by atoms with E-state index < -0.39 is 23.3 Å². The van der Waals surface area contributed by atoms with Gasteiger partial charge in [-0.05, 0) is 56.1 Å². The van der Waals surface area contributed by atoms with Gasteiger partial charge in [0.25, 0.3) is 5.91 Å². The molecule has 3 saturated heterocycles. The molecule has 4 atom stereocenters. The molecule has 9 heteroatoms. The molecule has 7 nitrogen and oxygen atoms in total. The van der Waals surface area contributed by atoms with Crippen molar-refractivity contribution in [1.82, 2.24) is 4.90 Å². The lowest BCUT2D eigenvalue weighted by Gasteiger charge is -2.37. The number of ether oxygens (including phenoxy) is 1. The van der Waals surface area contributed by atoms with Gasteiger partial charge in [0.2, 0.25) is 11.8 Å². The van der Waals surface area contributed by atoms with E-state index in [1.807, 2.05) is 13.0 Å². The van der Waals surface area contributed by atoms with E-state index in [0.717, 1.165) is 18.4 Å². The standard InChI is InChI=1S/C24H21Cl2N3O4/c1-11-8-13-20(14(26)9-11)27-23(32)24(13)19-18(15-4-3-7-28(15)24)21(30)29(22(19)31)16-10-12(25)5-6-17(16)33-2/h5-6,8-10,15,18-19H,3-4,7H2,1-2H3,(H,27,32)/t15-,18+,19-,24+/m0/s1. The highest BCUT2D eigenvalue weighted by atomic mass is 35.5.